The maximum atomic E-state index is 12.7. The number of carbonyl (C=O) groups is 2. The van der Waals surface area contributed by atoms with Crippen LogP contribution in [-0.2, 0) is 4.79 Å². The van der Waals surface area contributed by atoms with Crippen LogP contribution in [-0.4, -0.2) is 64.7 Å². The fourth-order valence-corrected chi connectivity index (χ4v) is 3.95. The largest absolute Gasteiger partial charge is 0.495 e. The zero-order valence-electron chi connectivity index (χ0n) is 18.4. The van der Waals surface area contributed by atoms with Gasteiger partial charge in [-0.25, -0.2) is 4.79 Å². The van der Waals surface area contributed by atoms with E-state index in [2.05, 4.69) is 31.1 Å². The first kappa shape index (κ1) is 23.5. The lowest BCUT2D eigenvalue weighted by molar-refractivity contribution is -0.117. The van der Waals surface area contributed by atoms with E-state index in [0.29, 0.717) is 36.0 Å². The Bertz CT molecular complexity index is 1090. The molecule has 0 bridgehead atoms. The van der Waals surface area contributed by atoms with E-state index < -0.39 is 0 Å². The number of nitrogens with zero attached hydrogens (tertiary/aromatic N) is 4. The summed E-state index contributed by atoms with van der Waals surface area (Å²) in [6.45, 7) is 1.26. The molecule has 11 nitrogen and oxygen atoms in total. The van der Waals surface area contributed by atoms with Crippen LogP contribution in [0.3, 0.4) is 0 Å². The van der Waals surface area contributed by atoms with Crippen LogP contribution >= 0.6 is 11.6 Å². The summed E-state index contributed by atoms with van der Waals surface area (Å²) in [5.41, 5.74) is 1.43. The number of aromatic nitrogens is 3. The van der Waals surface area contributed by atoms with Gasteiger partial charge in [-0.05, 0) is 42.8 Å². The Morgan fingerprint density at radius 1 is 1.18 bits per heavy atom. The van der Waals surface area contributed by atoms with Crippen molar-refractivity contribution in [3.8, 4) is 5.75 Å². The van der Waals surface area contributed by atoms with Crippen LogP contribution in [0.5, 0.6) is 5.75 Å². The molecule has 4 rings (SSSR count). The van der Waals surface area contributed by atoms with Gasteiger partial charge in [0.15, 0.2) is 6.33 Å². The maximum Gasteiger partial charge on any atom is 0.327 e. The van der Waals surface area contributed by atoms with Gasteiger partial charge in [0.2, 0.25) is 5.91 Å². The molecule has 3 N–H and O–H groups in total. The lowest BCUT2D eigenvalue weighted by Gasteiger charge is -2.38. The molecule has 1 saturated heterocycles. The summed E-state index contributed by atoms with van der Waals surface area (Å²) in [6, 6.07) is 10.1. The Kier molecular flexibility index (Phi) is 7.55. The second-order valence-electron chi connectivity index (χ2n) is 7.76. The first-order chi connectivity index (χ1) is 16.5. The molecule has 1 aliphatic heterocycles. The van der Waals surface area contributed by atoms with Crippen molar-refractivity contribution in [2.75, 3.05) is 37.4 Å². The third-order valence-corrected chi connectivity index (χ3v) is 5.72. The number of methoxy groups -OCH3 is 1. The van der Waals surface area contributed by atoms with Crippen LogP contribution in [0.1, 0.15) is 18.0 Å². The van der Waals surface area contributed by atoms with E-state index >= 15 is 0 Å². The molecule has 1 fully saturated rings. The van der Waals surface area contributed by atoms with Crippen molar-refractivity contribution in [1.82, 2.24) is 25.3 Å². The van der Waals surface area contributed by atoms with E-state index in [4.69, 9.17) is 20.9 Å². The minimum absolute atomic E-state index is 0.0498. The molecule has 1 aliphatic rings. The van der Waals surface area contributed by atoms with Gasteiger partial charge in [-0.1, -0.05) is 16.8 Å². The van der Waals surface area contributed by atoms with E-state index in [1.807, 2.05) is 17.0 Å². The Morgan fingerprint density at radius 2 is 2.00 bits per heavy atom. The molecule has 3 aromatic rings. The molecule has 0 saturated carbocycles. The number of pyridine rings is 1. The number of rotatable bonds is 7. The van der Waals surface area contributed by atoms with Crippen molar-refractivity contribution in [2.24, 2.45) is 0 Å². The Hall–Kier alpha value is -3.70. The van der Waals surface area contributed by atoms with Gasteiger partial charge in [-0.2, -0.15) is 4.98 Å². The van der Waals surface area contributed by atoms with Crippen molar-refractivity contribution in [1.29, 1.82) is 0 Å². The van der Waals surface area contributed by atoms with E-state index in [1.54, 1.807) is 37.6 Å². The van der Waals surface area contributed by atoms with E-state index in [0.717, 1.165) is 5.69 Å². The summed E-state index contributed by atoms with van der Waals surface area (Å²) in [4.78, 5) is 35.4. The minimum Gasteiger partial charge on any atom is -0.495 e. The molecule has 0 radical (unpaired) electrons. The van der Waals surface area contributed by atoms with E-state index in [-0.39, 0.29) is 36.5 Å². The van der Waals surface area contributed by atoms with Crippen molar-refractivity contribution < 1.29 is 18.8 Å². The highest BCUT2D eigenvalue weighted by atomic mass is 35.5. The summed E-state index contributed by atoms with van der Waals surface area (Å²) >= 11 is 5.91. The predicted molar refractivity (Wildman–Crippen MR) is 125 cm³/mol. The number of anilines is 2. The third kappa shape index (κ3) is 6.21. The predicted octanol–water partition coefficient (Wildman–Crippen LogP) is 2.74. The quantitative estimate of drug-likeness (QED) is 0.465. The van der Waals surface area contributed by atoms with E-state index in [1.165, 1.54) is 6.33 Å². The first-order valence-electron chi connectivity index (χ1n) is 10.6. The number of hydrogen-bond acceptors (Lipinski definition) is 8. The highest BCUT2D eigenvalue weighted by molar-refractivity contribution is 6.30. The molecular formula is C22H24ClN7O4. The molecule has 0 aliphatic carbocycles. The zero-order valence-corrected chi connectivity index (χ0v) is 19.2. The zero-order chi connectivity index (χ0) is 23.9. The molecule has 0 spiro atoms. The molecule has 178 valence electrons. The number of halogens is 1. The molecule has 0 unspecified atom stereocenters. The lowest BCUT2D eigenvalue weighted by atomic mass is 9.88. The first-order valence-corrected chi connectivity index (χ1v) is 11.0. The van der Waals surface area contributed by atoms with Gasteiger partial charge in [-0.15, -0.1) is 0 Å². The van der Waals surface area contributed by atoms with Crippen molar-refractivity contribution in [2.45, 2.75) is 18.4 Å². The highest BCUT2D eigenvalue weighted by Crippen LogP contribution is 2.27. The molecule has 2 aromatic heterocycles. The van der Waals surface area contributed by atoms with Crippen LogP contribution in [0.25, 0.3) is 0 Å². The molecule has 3 amide bonds. The summed E-state index contributed by atoms with van der Waals surface area (Å²) < 4.78 is 10.0. The number of carbonyl (C=O) groups excluding carboxylic acids is 2. The number of ether oxygens (including phenoxy) is 1. The SMILES string of the molecule is COc1ccc([C@@H]2CN(CC(=O)Nc3ncno3)CC[C@H]2NC(=O)Nc2ccc(Cl)cc2)nc1. The van der Waals surface area contributed by atoms with Gasteiger partial charge < -0.3 is 19.9 Å². The van der Waals surface area contributed by atoms with Crippen LogP contribution in [0.4, 0.5) is 16.5 Å². The van der Waals surface area contributed by atoms with Crippen LogP contribution in [0, 0.1) is 0 Å². The maximum absolute atomic E-state index is 12.7. The summed E-state index contributed by atoms with van der Waals surface area (Å²) in [5, 5.41) is 12.5. The topological polar surface area (TPSA) is 135 Å². The van der Waals surface area contributed by atoms with Crippen LogP contribution in [0.2, 0.25) is 5.02 Å². The smallest absolute Gasteiger partial charge is 0.327 e. The molecular weight excluding hydrogens is 462 g/mol. The van der Waals surface area contributed by atoms with Gasteiger partial charge in [0, 0.05) is 41.5 Å². The summed E-state index contributed by atoms with van der Waals surface area (Å²) in [6.07, 6.45) is 3.48. The fourth-order valence-electron chi connectivity index (χ4n) is 3.83. The average Bonchev–Trinajstić information content (AvgIpc) is 3.34. The van der Waals surface area contributed by atoms with Crippen molar-refractivity contribution in [3.63, 3.8) is 0 Å². The minimum atomic E-state index is -0.326. The Morgan fingerprint density at radius 3 is 2.68 bits per heavy atom. The van der Waals surface area contributed by atoms with Crippen molar-refractivity contribution >= 4 is 35.2 Å². The molecule has 34 heavy (non-hydrogen) atoms. The fraction of sp³-hybridized carbons (Fsp3) is 0.318. The normalized spacial score (nSPS) is 18.2. The second kappa shape index (κ2) is 10.9. The second-order valence-corrected chi connectivity index (χ2v) is 8.20. The Labute approximate surface area is 200 Å². The average molecular weight is 486 g/mol. The van der Waals surface area contributed by atoms with Gasteiger partial charge in [0.05, 0.1) is 19.9 Å². The van der Waals surface area contributed by atoms with Gasteiger partial charge in [0.25, 0.3) is 0 Å². The highest BCUT2D eigenvalue weighted by Gasteiger charge is 2.33. The molecule has 3 heterocycles. The molecule has 2 atom stereocenters. The van der Waals surface area contributed by atoms with Crippen LogP contribution in [0.15, 0.2) is 53.4 Å². The number of benzene rings is 1. The molecule has 1 aromatic carbocycles. The van der Waals surface area contributed by atoms with Crippen LogP contribution < -0.4 is 20.7 Å². The number of hydrogen-bond donors (Lipinski definition) is 3. The van der Waals surface area contributed by atoms with Gasteiger partial charge in [-0.3, -0.25) is 20.0 Å². The number of urea groups is 1. The van der Waals surface area contributed by atoms with Gasteiger partial charge >= 0.3 is 12.0 Å². The summed E-state index contributed by atoms with van der Waals surface area (Å²) in [5.74, 6) is 0.227. The monoisotopic (exact) mass is 485 g/mol. The van der Waals surface area contributed by atoms with E-state index in [9.17, 15) is 9.59 Å². The van der Waals surface area contributed by atoms with Crippen molar-refractivity contribution in [3.05, 3.63) is 59.6 Å². The summed E-state index contributed by atoms with van der Waals surface area (Å²) in [7, 11) is 1.58. The standard InChI is InChI=1S/C22H24ClN7O4/c1-33-16-6-7-18(24-10-16)17-11-30(12-20(31)29-22-25-13-26-34-22)9-8-19(17)28-21(32)27-15-4-2-14(23)3-5-15/h2-7,10,13,17,19H,8-9,11-12H2,1H3,(H2,27,28,32)(H,25,26,29,31)/t17-,19+/m0/s1. The van der Waals surface area contributed by atoms with Gasteiger partial charge in [0.1, 0.15) is 5.75 Å². The lowest BCUT2D eigenvalue weighted by Crippen LogP contribution is -2.52. The number of nitrogens with one attached hydrogen (secondary N) is 3. The molecule has 12 heteroatoms. The third-order valence-electron chi connectivity index (χ3n) is 5.47. The number of likely N-dealkylation sites (tertiary alicyclic amines) is 1. The number of piperidine rings is 1. The Balaban J connectivity index is 1.43. The number of amides is 3.